The van der Waals surface area contributed by atoms with Gasteiger partial charge in [0.1, 0.15) is 5.75 Å². The lowest BCUT2D eigenvalue weighted by Crippen LogP contribution is -2.17. The lowest BCUT2D eigenvalue weighted by Gasteiger charge is -2.01. The van der Waals surface area contributed by atoms with Crippen LogP contribution in [0.1, 0.15) is 15.9 Å². The summed E-state index contributed by atoms with van der Waals surface area (Å²) in [5, 5.41) is 14.1. The number of phenols is 1. The van der Waals surface area contributed by atoms with Crippen LogP contribution in [0.4, 0.5) is 0 Å². The van der Waals surface area contributed by atoms with E-state index < -0.39 is 0 Å². The van der Waals surface area contributed by atoms with E-state index in [0.29, 0.717) is 5.56 Å². The fourth-order valence-electron chi connectivity index (χ4n) is 2.06. The summed E-state index contributed by atoms with van der Waals surface area (Å²) in [7, 11) is 0. The van der Waals surface area contributed by atoms with Gasteiger partial charge in [-0.05, 0) is 42.0 Å². The number of nitrogens with zero attached hydrogens (tertiary/aromatic N) is 1. The molecule has 0 spiro atoms. The average Bonchev–Trinajstić information content (AvgIpc) is 2.97. The minimum Gasteiger partial charge on any atom is -0.508 e. The van der Waals surface area contributed by atoms with Crippen molar-refractivity contribution in [1.29, 1.82) is 0 Å². The summed E-state index contributed by atoms with van der Waals surface area (Å²) in [5.74, 6) is -0.0901. The van der Waals surface area contributed by atoms with Crippen LogP contribution in [0.2, 0.25) is 0 Å². The normalized spacial score (nSPS) is 11.0. The maximum atomic E-state index is 12.1. The van der Waals surface area contributed by atoms with Gasteiger partial charge in [0, 0.05) is 11.6 Å². The van der Waals surface area contributed by atoms with Crippen molar-refractivity contribution in [3.8, 4) is 5.75 Å². The molecule has 5 nitrogen and oxygen atoms in total. The lowest BCUT2D eigenvalue weighted by atomic mass is 10.1. The molecule has 2 aromatic carbocycles. The van der Waals surface area contributed by atoms with E-state index in [9.17, 15) is 9.90 Å². The number of hydrogen-bond acceptors (Lipinski definition) is 3. The number of hydrogen-bond donors (Lipinski definition) is 3. The summed E-state index contributed by atoms with van der Waals surface area (Å²) in [6.07, 6.45) is 3.31. The van der Waals surface area contributed by atoms with Crippen LogP contribution in [-0.2, 0) is 0 Å². The van der Waals surface area contributed by atoms with Crippen molar-refractivity contribution in [3.63, 3.8) is 0 Å². The number of carbonyl (C=O) groups is 1. The Labute approximate surface area is 120 Å². The molecular formula is C16H13N3O2. The van der Waals surface area contributed by atoms with Crippen molar-refractivity contribution < 1.29 is 9.90 Å². The molecule has 104 valence electrons. The molecular weight excluding hydrogens is 266 g/mol. The van der Waals surface area contributed by atoms with Gasteiger partial charge in [-0.1, -0.05) is 12.1 Å². The van der Waals surface area contributed by atoms with E-state index in [1.807, 2.05) is 18.2 Å². The first-order valence-electron chi connectivity index (χ1n) is 6.42. The summed E-state index contributed by atoms with van der Waals surface area (Å²) in [6.45, 7) is 0. The van der Waals surface area contributed by atoms with Crippen LogP contribution in [0, 0.1) is 0 Å². The highest BCUT2D eigenvalue weighted by Crippen LogP contribution is 2.16. The first kappa shape index (κ1) is 12.9. The minimum absolute atomic E-state index is 0.189. The van der Waals surface area contributed by atoms with Crippen molar-refractivity contribution in [2.45, 2.75) is 0 Å². The molecule has 1 aromatic heterocycles. The fraction of sp³-hybridized carbons (Fsp3) is 0. The quantitative estimate of drug-likeness (QED) is 0.509. The number of carbonyl (C=O) groups excluding carboxylic acids is 1. The van der Waals surface area contributed by atoms with E-state index in [1.54, 1.807) is 36.5 Å². The largest absolute Gasteiger partial charge is 0.508 e. The zero-order chi connectivity index (χ0) is 14.7. The number of aromatic nitrogens is 1. The standard InChI is InChI=1S/C16H13N3O2/c20-13-6-4-11(5-7-13)10-18-19-16(21)14-3-1-2-12-8-9-17-15(12)14/h1-10,17,20H,(H,19,21). The molecule has 0 radical (unpaired) electrons. The molecule has 0 atom stereocenters. The van der Waals surface area contributed by atoms with Gasteiger partial charge in [-0.3, -0.25) is 4.79 Å². The highest BCUT2D eigenvalue weighted by Gasteiger charge is 2.09. The van der Waals surface area contributed by atoms with E-state index in [1.165, 1.54) is 6.21 Å². The van der Waals surface area contributed by atoms with Gasteiger partial charge in [-0.25, -0.2) is 5.43 Å². The summed E-state index contributed by atoms with van der Waals surface area (Å²) >= 11 is 0. The predicted molar refractivity (Wildman–Crippen MR) is 81.5 cm³/mol. The number of benzene rings is 2. The molecule has 0 saturated heterocycles. The maximum Gasteiger partial charge on any atom is 0.273 e. The third-order valence-corrected chi connectivity index (χ3v) is 3.10. The first-order chi connectivity index (χ1) is 10.2. The summed E-state index contributed by atoms with van der Waals surface area (Å²) in [4.78, 5) is 15.2. The van der Waals surface area contributed by atoms with E-state index in [4.69, 9.17) is 0 Å². The molecule has 0 unspecified atom stereocenters. The van der Waals surface area contributed by atoms with Crippen molar-refractivity contribution in [3.05, 3.63) is 65.9 Å². The van der Waals surface area contributed by atoms with E-state index in [-0.39, 0.29) is 11.7 Å². The number of rotatable bonds is 3. The zero-order valence-corrected chi connectivity index (χ0v) is 11.1. The van der Waals surface area contributed by atoms with Gasteiger partial charge in [0.05, 0.1) is 17.3 Å². The molecule has 0 bridgehead atoms. The molecule has 0 fully saturated rings. The second kappa shape index (κ2) is 5.50. The topological polar surface area (TPSA) is 77.5 Å². The van der Waals surface area contributed by atoms with Crippen LogP contribution >= 0.6 is 0 Å². The van der Waals surface area contributed by atoms with Gasteiger partial charge < -0.3 is 10.1 Å². The van der Waals surface area contributed by atoms with Gasteiger partial charge in [0.25, 0.3) is 5.91 Å². The summed E-state index contributed by atoms with van der Waals surface area (Å²) in [6, 6.07) is 13.9. The minimum atomic E-state index is -0.280. The Morgan fingerprint density at radius 3 is 2.76 bits per heavy atom. The van der Waals surface area contributed by atoms with Gasteiger partial charge in [0.15, 0.2) is 0 Å². The lowest BCUT2D eigenvalue weighted by molar-refractivity contribution is 0.0956. The van der Waals surface area contributed by atoms with Crippen molar-refractivity contribution in [2.24, 2.45) is 5.10 Å². The molecule has 3 rings (SSSR count). The van der Waals surface area contributed by atoms with Gasteiger partial charge in [0.2, 0.25) is 0 Å². The number of para-hydroxylation sites is 1. The highest BCUT2D eigenvalue weighted by molar-refractivity contribution is 6.05. The summed E-state index contributed by atoms with van der Waals surface area (Å²) < 4.78 is 0. The number of H-pyrrole nitrogens is 1. The first-order valence-corrected chi connectivity index (χ1v) is 6.42. The number of phenolic OH excluding ortho intramolecular Hbond substituents is 1. The molecule has 5 heteroatoms. The van der Waals surface area contributed by atoms with Crippen LogP contribution < -0.4 is 5.43 Å². The second-order valence-corrected chi connectivity index (χ2v) is 4.54. The fourth-order valence-corrected chi connectivity index (χ4v) is 2.06. The van der Waals surface area contributed by atoms with Gasteiger partial charge in [-0.2, -0.15) is 5.10 Å². The van der Waals surface area contributed by atoms with E-state index >= 15 is 0 Å². The third-order valence-electron chi connectivity index (χ3n) is 3.10. The van der Waals surface area contributed by atoms with Crippen LogP contribution in [0.25, 0.3) is 10.9 Å². The Balaban J connectivity index is 1.74. The Morgan fingerprint density at radius 1 is 1.14 bits per heavy atom. The number of hydrazone groups is 1. The Bertz CT molecular complexity index is 804. The molecule has 21 heavy (non-hydrogen) atoms. The molecule has 0 aliphatic rings. The number of amides is 1. The van der Waals surface area contributed by atoms with E-state index in [2.05, 4.69) is 15.5 Å². The molecule has 3 aromatic rings. The molecule has 1 heterocycles. The SMILES string of the molecule is O=C(NN=Cc1ccc(O)cc1)c1cccc2cc[nH]c12. The Hall–Kier alpha value is -3.08. The third kappa shape index (κ3) is 2.76. The van der Waals surface area contributed by atoms with E-state index in [0.717, 1.165) is 16.5 Å². The molecule has 0 aliphatic carbocycles. The number of nitrogens with one attached hydrogen (secondary N) is 2. The van der Waals surface area contributed by atoms with Crippen molar-refractivity contribution in [2.75, 3.05) is 0 Å². The Morgan fingerprint density at radius 2 is 1.95 bits per heavy atom. The smallest absolute Gasteiger partial charge is 0.273 e. The monoisotopic (exact) mass is 279 g/mol. The highest BCUT2D eigenvalue weighted by atomic mass is 16.3. The van der Waals surface area contributed by atoms with Crippen LogP contribution in [-0.4, -0.2) is 22.2 Å². The van der Waals surface area contributed by atoms with Crippen LogP contribution in [0.3, 0.4) is 0 Å². The van der Waals surface area contributed by atoms with Gasteiger partial charge >= 0.3 is 0 Å². The van der Waals surface area contributed by atoms with Crippen molar-refractivity contribution >= 4 is 23.0 Å². The predicted octanol–water partition coefficient (Wildman–Crippen LogP) is 2.64. The van der Waals surface area contributed by atoms with Gasteiger partial charge in [-0.15, -0.1) is 0 Å². The number of fused-ring (bicyclic) bond motifs is 1. The molecule has 0 aliphatic heterocycles. The van der Waals surface area contributed by atoms with Crippen molar-refractivity contribution in [1.82, 2.24) is 10.4 Å². The number of aromatic amines is 1. The number of aromatic hydroxyl groups is 1. The molecule has 1 amide bonds. The molecule has 0 saturated carbocycles. The Kier molecular flexibility index (Phi) is 3.39. The molecule has 3 N–H and O–H groups in total. The summed E-state index contributed by atoms with van der Waals surface area (Å²) in [5.41, 5.74) is 4.60. The average molecular weight is 279 g/mol. The maximum absolute atomic E-state index is 12.1. The second-order valence-electron chi connectivity index (χ2n) is 4.54. The van der Waals surface area contributed by atoms with Crippen LogP contribution in [0.5, 0.6) is 5.75 Å². The zero-order valence-electron chi connectivity index (χ0n) is 11.1. The van der Waals surface area contributed by atoms with Crippen LogP contribution in [0.15, 0.2) is 59.8 Å².